The van der Waals surface area contributed by atoms with Crippen LogP contribution in [0.4, 0.5) is 0 Å². The van der Waals surface area contributed by atoms with E-state index < -0.39 is 0 Å². The van der Waals surface area contributed by atoms with Crippen molar-refractivity contribution in [2.75, 3.05) is 6.54 Å². The minimum Gasteiger partial charge on any atom is -0.464 e. The van der Waals surface area contributed by atoms with Crippen LogP contribution in [0.3, 0.4) is 0 Å². The van der Waals surface area contributed by atoms with Gasteiger partial charge < -0.3 is 10.2 Å². The molecule has 0 atom stereocenters. The van der Waals surface area contributed by atoms with Crippen molar-refractivity contribution in [2.24, 2.45) is 5.73 Å². The average molecular weight is 210 g/mol. The number of halogens is 1. The molecule has 0 spiro atoms. The molecule has 2 aromatic rings. The fourth-order valence-corrected chi connectivity index (χ4v) is 1.94. The minimum atomic E-state index is 0.625. The predicted molar refractivity (Wildman–Crippen MR) is 58.7 cm³/mol. The van der Waals surface area contributed by atoms with E-state index in [0.717, 1.165) is 33.5 Å². The number of rotatable bonds is 2. The van der Waals surface area contributed by atoms with Crippen LogP contribution in [0.25, 0.3) is 11.0 Å². The van der Waals surface area contributed by atoms with Crippen molar-refractivity contribution in [3.63, 3.8) is 0 Å². The highest BCUT2D eigenvalue weighted by Crippen LogP contribution is 2.28. The maximum Gasteiger partial charge on any atom is 0.137 e. The first kappa shape index (κ1) is 9.56. The standard InChI is InChI=1S/C11H12ClNO/c1-7-4-9(12)5-10-8(2-3-13)6-14-11(7)10/h4-6H,2-3,13H2,1H3. The van der Waals surface area contributed by atoms with Gasteiger partial charge in [-0.1, -0.05) is 11.6 Å². The lowest BCUT2D eigenvalue weighted by molar-refractivity contribution is 0.608. The van der Waals surface area contributed by atoms with Crippen molar-refractivity contribution in [3.8, 4) is 0 Å². The fourth-order valence-electron chi connectivity index (χ4n) is 1.67. The zero-order chi connectivity index (χ0) is 10.1. The summed E-state index contributed by atoms with van der Waals surface area (Å²) in [6.07, 6.45) is 2.59. The number of furan rings is 1. The summed E-state index contributed by atoms with van der Waals surface area (Å²) in [5.41, 5.74) is 8.62. The number of benzene rings is 1. The maximum absolute atomic E-state index is 5.98. The summed E-state index contributed by atoms with van der Waals surface area (Å²) in [6, 6.07) is 3.83. The largest absolute Gasteiger partial charge is 0.464 e. The summed E-state index contributed by atoms with van der Waals surface area (Å²) in [6.45, 7) is 2.62. The summed E-state index contributed by atoms with van der Waals surface area (Å²) in [5, 5.41) is 1.83. The molecule has 0 radical (unpaired) electrons. The molecule has 0 aliphatic heterocycles. The van der Waals surface area contributed by atoms with Gasteiger partial charge in [-0.2, -0.15) is 0 Å². The van der Waals surface area contributed by atoms with Gasteiger partial charge in [0.25, 0.3) is 0 Å². The Balaban J connectivity index is 2.66. The number of aryl methyl sites for hydroxylation is 1. The quantitative estimate of drug-likeness (QED) is 0.826. The Morgan fingerprint density at radius 2 is 2.21 bits per heavy atom. The van der Waals surface area contributed by atoms with E-state index in [1.165, 1.54) is 0 Å². The van der Waals surface area contributed by atoms with Gasteiger partial charge >= 0.3 is 0 Å². The van der Waals surface area contributed by atoms with Crippen molar-refractivity contribution in [2.45, 2.75) is 13.3 Å². The summed E-state index contributed by atoms with van der Waals surface area (Å²) < 4.78 is 5.47. The normalized spacial score (nSPS) is 11.1. The van der Waals surface area contributed by atoms with Gasteiger partial charge in [0.15, 0.2) is 0 Å². The molecule has 0 saturated heterocycles. The Morgan fingerprint density at radius 3 is 2.93 bits per heavy atom. The summed E-state index contributed by atoms with van der Waals surface area (Å²) in [7, 11) is 0. The second-order valence-electron chi connectivity index (χ2n) is 3.40. The van der Waals surface area contributed by atoms with Gasteiger partial charge in [-0.3, -0.25) is 0 Å². The third-order valence-electron chi connectivity index (χ3n) is 2.32. The SMILES string of the molecule is Cc1cc(Cl)cc2c(CCN)coc12. The summed E-state index contributed by atoms with van der Waals surface area (Å²) in [5.74, 6) is 0. The van der Waals surface area contributed by atoms with E-state index in [1.807, 2.05) is 19.1 Å². The first-order chi connectivity index (χ1) is 6.72. The Labute approximate surface area is 87.6 Å². The zero-order valence-electron chi connectivity index (χ0n) is 8.01. The molecule has 1 aromatic carbocycles. The van der Waals surface area contributed by atoms with Gasteiger partial charge in [0.2, 0.25) is 0 Å². The minimum absolute atomic E-state index is 0.625. The second kappa shape index (κ2) is 3.64. The lowest BCUT2D eigenvalue weighted by Crippen LogP contribution is -2.01. The molecule has 1 heterocycles. The molecule has 0 amide bonds. The molecule has 0 unspecified atom stereocenters. The first-order valence-corrected chi connectivity index (χ1v) is 4.96. The molecule has 74 valence electrons. The van der Waals surface area contributed by atoms with E-state index >= 15 is 0 Å². The third kappa shape index (κ3) is 1.51. The molecule has 2 nitrogen and oxygen atoms in total. The molecule has 0 aliphatic carbocycles. The Morgan fingerprint density at radius 1 is 1.43 bits per heavy atom. The molecule has 0 aliphatic rings. The second-order valence-corrected chi connectivity index (χ2v) is 3.84. The highest BCUT2D eigenvalue weighted by molar-refractivity contribution is 6.31. The smallest absolute Gasteiger partial charge is 0.137 e. The van der Waals surface area contributed by atoms with E-state index in [2.05, 4.69) is 0 Å². The monoisotopic (exact) mass is 209 g/mol. The first-order valence-electron chi connectivity index (χ1n) is 4.58. The lowest BCUT2D eigenvalue weighted by atomic mass is 10.1. The van der Waals surface area contributed by atoms with Crippen molar-refractivity contribution in [3.05, 3.63) is 34.5 Å². The maximum atomic E-state index is 5.98. The van der Waals surface area contributed by atoms with Crippen LogP contribution in [0.5, 0.6) is 0 Å². The van der Waals surface area contributed by atoms with Gasteiger partial charge in [-0.15, -0.1) is 0 Å². The van der Waals surface area contributed by atoms with Crippen LogP contribution < -0.4 is 5.73 Å². The van der Waals surface area contributed by atoms with Crippen molar-refractivity contribution < 1.29 is 4.42 Å². The van der Waals surface area contributed by atoms with E-state index in [4.69, 9.17) is 21.8 Å². The summed E-state index contributed by atoms with van der Waals surface area (Å²) in [4.78, 5) is 0. The zero-order valence-corrected chi connectivity index (χ0v) is 8.77. The summed E-state index contributed by atoms with van der Waals surface area (Å²) >= 11 is 5.98. The topological polar surface area (TPSA) is 39.2 Å². The number of hydrogen-bond acceptors (Lipinski definition) is 2. The van der Waals surface area contributed by atoms with Gasteiger partial charge in [0.05, 0.1) is 6.26 Å². The molecule has 2 N–H and O–H groups in total. The van der Waals surface area contributed by atoms with E-state index in [0.29, 0.717) is 6.54 Å². The number of hydrogen-bond donors (Lipinski definition) is 1. The van der Waals surface area contributed by atoms with Crippen LogP contribution in [0.1, 0.15) is 11.1 Å². The van der Waals surface area contributed by atoms with E-state index in [9.17, 15) is 0 Å². The van der Waals surface area contributed by atoms with Crippen molar-refractivity contribution >= 4 is 22.6 Å². The van der Waals surface area contributed by atoms with Gasteiger partial charge in [-0.05, 0) is 43.1 Å². The Bertz CT molecular complexity index is 462. The van der Waals surface area contributed by atoms with E-state index in [1.54, 1.807) is 6.26 Å². The predicted octanol–water partition coefficient (Wildman–Crippen LogP) is 2.90. The van der Waals surface area contributed by atoms with Crippen molar-refractivity contribution in [1.29, 1.82) is 0 Å². The highest BCUT2D eigenvalue weighted by atomic mass is 35.5. The fraction of sp³-hybridized carbons (Fsp3) is 0.273. The number of nitrogens with two attached hydrogens (primary N) is 1. The molecule has 0 saturated carbocycles. The molecule has 1 aromatic heterocycles. The van der Waals surface area contributed by atoms with Crippen LogP contribution in [-0.2, 0) is 6.42 Å². The van der Waals surface area contributed by atoms with Crippen LogP contribution in [0, 0.1) is 6.92 Å². The lowest BCUT2D eigenvalue weighted by Gasteiger charge is -1.98. The molecular formula is C11H12ClNO. The van der Waals surface area contributed by atoms with Gasteiger partial charge in [0, 0.05) is 10.4 Å². The van der Waals surface area contributed by atoms with Crippen LogP contribution in [0.15, 0.2) is 22.8 Å². The van der Waals surface area contributed by atoms with Crippen LogP contribution >= 0.6 is 11.6 Å². The average Bonchev–Trinajstić information content (AvgIpc) is 2.49. The Kier molecular flexibility index (Phi) is 2.48. The van der Waals surface area contributed by atoms with E-state index in [-0.39, 0.29) is 0 Å². The third-order valence-corrected chi connectivity index (χ3v) is 2.54. The molecular weight excluding hydrogens is 198 g/mol. The van der Waals surface area contributed by atoms with Crippen LogP contribution in [-0.4, -0.2) is 6.54 Å². The number of fused-ring (bicyclic) bond motifs is 1. The Hall–Kier alpha value is -0.990. The van der Waals surface area contributed by atoms with Crippen molar-refractivity contribution in [1.82, 2.24) is 0 Å². The molecule has 2 rings (SSSR count). The molecule has 14 heavy (non-hydrogen) atoms. The molecule has 0 fully saturated rings. The van der Waals surface area contributed by atoms with Gasteiger partial charge in [-0.25, -0.2) is 0 Å². The van der Waals surface area contributed by atoms with Gasteiger partial charge in [0.1, 0.15) is 5.58 Å². The highest BCUT2D eigenvalue weighted by Gasteiger charge is 2.08. The molecule has 3 heteroatoms. The van der Waals surface area contributed by atoms with Crippen LogP contribution in [0.2, 0.25) is 5.02 Å². The molecule has 0 bridgehead atoms.